The molecule has 5 nitrogen and oxygen atoms in total. The highest BCUT2D eigenvalue weighted by Gasteiger charge is 2.17. The van der Waals surface area contributed by atoms with Gasteiger partial charge in [-0.2, -0.15) is 0 Å². The number of carbonyl (C=O) groups excluding carboxylic acids is 2. The first-order valence-corrected chi connectivity index (χ1v) is 25.7. The van der Waals surface area contributed by atoms with Crippen molar-refractivity contribution in [3.63, 3.8) is 0 Å². The van der Waals surface area contributed by atoms with Crippen molar-refractivity contribution in [2.45, 2.75) is 207 Å². The molecular formula is C59H94O5. The highest BCUT2D eigenvalue weighted by Crippen LogP contribution is 2.12. The van der Waals surface area contributed by atoms with Crippen LogP contribution in [0.15, 0.2) is 134 Å². The van der Waals surface area contributed by atoms with Crippen molar-refractivity contribution in [3.8, 4) is 0 Å². The van der Waals surface area contributed by atoms with Crippen LogP contribution < -0.4 is 0 Å². The van der Waals surface area contributed by atoms with Crippen LogP contribution in [0.25, 0.3) is 0 Å². The fraction of sp³-hybridized carbons (Fsp3) is 0.593. The van der Waals surface area contributed by atoms with E-state index < -0.39 is 6.10 Å². The van der Waals surface area contributed by atoms with Crippen LogP contribution in [0, 0.1) is 0 Å². The second-order valence-corrected chi connectivity index (χ2v) is 16.3. The van der Waals surface area contributed by atoms with Gasteiger partial charge >= 0.3 is 11.9 Å². The van der Waals surface area contributed by atoms with Crippen LogP contribution in [0.5, 0.6) is 0 Å². The highest BCUT2D eigenvalue weighted by atomic mass is 16.6. The Hall–Kier alpha value is -3.96. The molecule has 1 atom stereocenters. The Balaban J connectivity index is 4.45. The minimum absolute atomic E-state index is 0.0122. The number of unbranched alkanes of at least 4 members (excludes halogenated alkanes) is 13. The van der Waals surface area contributed by atoms with Crippen LogP contribution in [-0.2, 0) is 23.8 Å². The molecule has 0 aliphatic carbocycles. The summed E-state index contributed by atoms with van der Waals surface area (Å²) < 4.78 is 17.3. The second kappa shape index (κ2) is 53.4. The van der Waals surface area contributed by atoms with E-state index >= 15 is 0 Å². The Labute approximate surface area is 394 Å². The van der Waals surface area contributed by atoms with Crippen molar-refractivity contribution < 1.29 is 23.8 Å². The first-order valence-electron chi connectivity index (χ1n) is 25.7. The van der Waals surface area contributed by atoms with Crippen LogP contribution in [0.2, 0.25) is 0 Å². The van der Waals surface area contributed by atoms with Crippen LogP contribution in [0.3, 0.4) is 0 Å². The van der Waals surface area contributed by atoms with E-state index in [0.717, 1.165) is 116 Å². The Morgan fingerprint density at radius 3 is 1.12 bits per heavy atom. The zero-order valence-electron chi connectivity index (χ0n) is 41.2. The number of ether oxygens (including phenoxy) is 3. The van der Waals surface area contributed by atoms with Gasteiger partial charge in [0.15, 0.2) is 6.10 Å². The summed E-state index contributed by atoms with van der Waals surface area (Å²) in [7, 11) is 0. The fourth-order valence-electron chi connectivity index (χ4n) is 6.49. The molecule has 0 aliphatic heterocycles. The third kappa shape index (κ3) is 50.7. The van der Waals surface area contributed by atoms with Crippen molar-refractivity contribution in [3.05, 3.63) is 134 Å². The van der Waals surface area contributed by atoms with E-state index in [1.165, 1.54) is 51.4 Å². The van der Waals surface area contributed by atoms with Gasteiger partial charge in [-0.25, -0.2) is 0 Å². The Morgan fingerprint density at radius 2 is 0.703 bits per heavy atom. The maximum absolute atomic E-state index is 12.8. The van der Waals surface area contributed by atoms with Gasteiger partial charge in [-0.1, -0.05) is 212 Å². The fourth-order valence-corrected chi connectivity index (χ4v) is 6.49. The first kappa shape index (κ1) is 60.0. The van der Waals surface area contributed by atoms with E-state index in [-0.39, 0.29) is 31.6 Å². The lowest BCUT2D eigenvalue weighted by Crippen LogP contribution is -2.30. The van der Waals surface area contributed by atoms with Crippen LogP contribution in [0.1, 0.15) is 201 Å². The van der Waals surface area contributed by atoms with Gasteiger partial charge in [0.05, 0.1) is 13.0 Å². The smallest absolute Gasteiger partial charge is 0.309 e. The molecule has 0 rings (SSSR count). The number of allylic oxidation sites excluding steroid dienone is 21. The molecule has 64 heavy (non-hydrogen) atoms. The highest BCUT2D eigenvalue weighted by molar-refractivity contribution is 5.71. The predicted octanol–water partition coefficient (Wildman–Crippen LogP) is 17.6. The lowest BCUT2D eigenvalue weighted by Gasteiger charge is -2.18. The van der Waals surface area contributed by atoms with Crippen molar-refractivity contribution >= 4 is 11.9 Å². The van der Waals surface area contributed by atoms with Crippen molar-refractivity contribution in [2.75, 3.05) is 19.8 Å². The predicted molar refractivity (Wildman–Crippen MR) is 278 cm³/mol. The largest absolute Gasteiger partial charge is 0.461 e. The third-order valence-electron chi connectivity index (χ3n) is 10.2. The molecule has 0 heterocycles. The molecule has 0 saturated carbocycles. The van der Waals surface area contributed by atoms with E-state index in [1.54, 1.807) is 0 Å². The minimum atomic E-state index is -0.599. The van der Waals surface area contributed by atoms with Gasteiger partial charge in [0.25, 0.3) is 0 Å². The molecule has 0 saturated heterocycles. The molecule has 0 bridgehead atoms. The van der Waals surface area contributed by atoms with Gasteiger partial charge in [0, 0.05) is 13.0 Å². The lowest BCUT2D eigenvalue weighted by atomic mass is 10.1. The average Bonchev–Trinajstić information content (AvgIpc) is 3.30. The van der Waals surface area contributed by atoms with Gasteiger partial charge in [-0.3, -0.25) is 9.59 Å². The summed E-state index contributed by atoms with van der Waals surface area (Å²) in [4.78, 5) is 25.3. The topological polar surface area (TPSA) is 61.8 Å². The Kier molecular flexibility index (Phi) is 50.1. The van der Waals surface area contributed by atoms with Gasteiger partial charge < -0.3 is 14.2 Å². The van der Waals surface area contributed by atoms with Crippen molar-refractivity contribution in [2.24, 2.45) is 0 Å². The molecule has 360 valence electrons. The SMILES string of the molecule is CC/C=C\C/C=C\C/C=C\C/C=C\C/C=C\CC(=O)OCC(COCCCCCCCCCC/C=C\C/C=C\C/C=C\CC)OC(=O)CCCCCCC/C=C\C/C=C\C/C=C\CC. The molecule has 0 spiro atoms. The summed E-state index contributed by atoms with van der Waals surface area (Å²) in [6.07, 6.45) is 76.3. The second-order valence-electron chi connectivity index (χ2n) is 16.3. The maximum atomic E-state index is 12.8. The first-order chi connectivity index (χ1) is 31.6. The summed E-state index contributed by atoms with van der Waals surface area (Å²) in [5.41, 5.74) is 0. The van der Waals surface area contributed by atoms with E-state index in [0.29, 0.717) is 13.0 Å². The van der Waals surface area contributed by atoms with E-state index in [2.05, 4.69) is 142 Å². The molecule has 0 amide bonds. The number of esters is 2. The number of hydrogen-bond donors (Lipinski definition) is 0. The van der Waals surface area contributed by atoms with Crippen LogP contribution in [-0.4, -0.2) is 37.9 Å². The van der Waals surface area contributed by atoms with E-state index in [9.17, 15) is 9.59 Å². The summed E-state index contributed by atoms with van der Waals surface area (Å²) in [5, 5.41) is 0. The number of hydrogen-bond acceptors (Lipinski definition) is 5. The normalized spacial score (nSPS) is 13.4. The van der Waals surface area contributed by atoms with Gasteiger partial charge in [0.1, 0.15) is 6.61 Å². The Bertz CT molecular complexity index is 1370. The zero-order chi connectivity index (χ0) is 46.3. The minimum Gasteiger partial charge on any atom is -0.461 e. The molecule has 0 aliphatic rings. The van der Waals surface area contributed by atoms with Gasteiger partial charge in [0.2, 0.25) is 0 Å². The van der Waals surface area contributed by atoms with Crippen LogP contribution in [0.4, 0.5) is 0 Å². The summed E-state index contributed by atoms with van der Waals surface area (Å²) in [6.45, 7) is 7.33. The molecular weight excluding hydrogens is 789 g/mol. The molecule has 0 radical (unpaired) electrons. The monoisotopic (exact) mass is 883 g/mol. The zero-order valence-corrected chi connectivity index (χ0v) is 41.2. The molecule has 0 aromatic rings. The van der Waals surface area contributed by atoms with E-state index in [1.807, 2.05) is 12.2 Å². The third-order valence-corrected chi connectivity index (χ3v) is 10.2. The summed E-state index contributed by atoms with van der Waals surface area (Å²) >= 11 is 0. The summed E-state index contributed by atoms with van der Waals surface area (Å²) in [6, 6.07) is 0. The molecule has 0 N–H and O–H groups in total. The molecule has 0 aromatic carbocycles. The summed E-state index contributed by atoms with van der Waals surface area (Å²) in [5.74, 6) is -0.577. The lowest BCUT2D eigenvalue weighted by molar-refractivity contribution is -0.162. The van der Waals surface area contributed by atoms with Crippen molar-refractivity contribution in [1.29, 1.82) is 0 Å². The van der Waals surface area contributed by atoms with Gasteiger partial charge in [-0.05, 0) is 109 Å². The van der Waals surface area contributed by atoms with E-state index in [4.69, 9.17) is 14.2 Å². The Morgan fingerprint density at radius 1 is 0.359 bits per heavy atom. The number of rotatable bonds is 45. The molecule has 5 heteroatoms. The standard InChI is InChI=1S/C59H94O5/c1-4-7-10-13-16-19-22-25-28-29-30-33-36-39-42-45-48-51-54-62-55-57(64-59(61)53-50-47-44-41-38-35-32-27-24-21-18-15-12-9-6-3)56-63-58(60)52-49-46-43-40-37-34-31-26-23-20-17-14-11-8-5-2/h7-12,16-21,25-28,31-32,37,40,46,49,57H,4-6,13-15,22-24,29-30,33-36,38-39,41-45,47-48,50-56H2,1-3H3/b10-7-,11-8-,12-9-,19-16-,20-17-,21-18-,28-25-,31-26-,32-27-,40-37-,49-46-. The van der Waals surface area contributed by atoms with Gasteiger partial charge in [-0.15, -0.1) is 0 Å². The molecule has 1 unspecified atom stereocenters. The molecule has 0 aromatic heterocycles. The maximum Gasteiger partial charge on any atom is 0.309 e. The van der Waals surface area contributed by atoms with Crippen molar-refractivity contribution in [1.82, 2.24) is 0 Å². The molecule has 0 fully saturated rings. The quantitative estimate of drug-likeness (QED) is 0.0346. The average molecular weight is 883 g/mol. The number of carbonyl (C=O) groups is 2. The van der Waals surface area contributed by atoms with Crippen LogP contribution >= 0.6 is 0 Å².